The average molecular weight is 238 g/mol. The molecule has 0 saturated heterocycles. The summed E-state index contributed by atoms with van der Waals surface area (Å²) in [6, 6.07) is 0. The van der Waals surface area contributed by atoms with Gasteiger partial charge in [0, 0.05) is 0 Å². The van der Waals surface area contributed by atoms with Gasteiger partial charge in [-0.25, -0.2) is 4.79 Å². The molecule has 0 rings (SSSR count). The third kappa shape index (κ3) is 3.15. The van der Waals surface area contributed by atoms with E-state index in [1.807, 2.05) is 0 Å². The van der Waals surface area contributed by atoms with E-state index in [-0.39, 0.29) is 0 Å². The Hall–Kier alpha value is -1.20. The molecule has 94 valence electrons. The molecule has 0 spiro atoms. The molecule has 0 aromatic carbocycles. The van der Waals surface area contributed by atoms with Crippen molar-refractivity contribution in [3.8, 4) is 0 Å². The van der Waals surface area contributed by atoms with Crippen LogP contribution in [-0.2, 0) is 14.3 Å². The van der Waals surface area contributed by atoms with Crippen LogP contribution >= 0.6 is 0 Å². The standard InChI is InChI=1S/C10H16F2O4/c1-5-9(3,4)8(15)16-6(2)10(11,12)7(13)14/h6H,5H2,1-4H3,(H,13,14). The maximum atomic E-state index is 12.9. The zero-order valence-corrected chi connectivity index (χ0v) is 9.71. The minimum atomic E-state index is -4.07. The third-order valence-electron chi connectivity index (χ3n) is 2.52. The van der Waals surface area contributed by atoms with E-state index in [1.165, 1.54) is 0 Å². The normalized spacial score (nSPS) is 14.4. The second-order valence-corrected chi connectivity index (χ2v) is 4.21. The van der Waals surface area contributed by atoms with Crippen LogP contribution in [0, 0.1) is 5.41 Å². The summed E-state index contributed by atoms with van der Waals surface area (Å²) in [4.78, 5) is 21.6. The van der Waals surface area contributed by atoms with Gasteiger partial charge in [0.2, 0.25) is 0 Å². The Balaban J connectivity index is 4.65. The highest BCUT2D eigenvalue weighted by molar-refractivity contribution is 5.79. The summed E-state index contributed by atoms with van der Waals surface area (Å²) in [7, 11) is 0. The van der Waals surface area contributed by atoms with Crippen molar-refractivity contribution in [2.24, 2.45) is 5.41 Å². The van der Waals surface area contributed by atoms with Crippen molar-refractivity contribution in [3.63, 3.8) is 0 Å². The Morgan fingerprint density at radius 2 is 1.81 bits per heavy atom. The van der Waals surface area contributed by atoms with E-state index in [4.69, 9.17) is 5.11 Å². The minimum absolute atomic E-state index is 0.414. The van der Waals surface area contributed by atoms with E-state index in [0.717, 1.165) is 6.92 Å². The predicted molar refractivity (Wildman–Crippen MR) is 52.2 cm³/mol. The van der Waals surface area contributed by atoms with Gasteiger partial charge in [-0.05, 0) is 27.2 Å². The van der Waals surface area contributed by atoms with Crippen LogP contribution < -0.4 is 0 Å². The van der Waals surface area contributed by atoms with Gasteiger partial charge in [-0.2, -0.15) is 8.78 Å². The number of alkyl halides is 2. The highest BCUT2D eigenvalue weighted by Gasteiger charge is 2.48. The SMILES string of the molecule is CCC(C)(C)C(=O)OC(C)C(F)(F)C(=O)O. The number of hydrogen-bond donors (Lipinski definition) is 1. The Kier molecular flexibility index (Phi) is 4.40. The summed E-state index contributed by atoms with van der Waals surface area (Å²) >= 11 is 0. The zero-order valence-electron chi connectivity index (χ0n) is 9.71. The maximum absolute atomic E-state index is 12.9. The molecule has 1 atom stereocenters. The molecule has 0 aliphatic carbocycles. The lowest BCUT2D eigenvalue weighted by molar-refractivity contribution is -0.195. The van der Waals surface area contributed by atoms with Crippen LogP contribution in [0.25, 0.3) is 0 Å². The highest BCUT2D eigenvalue weighted by Crippen LogP contribution is 2.27. The lowest BCUT2D eigenvalue weighted by Gasteiger charge is -2.25. The molecule has 0 aromatic heterocycles. The van der Waals surface area contributed by atoms with Crippen LogP contribution in [0.4, 0.5) is 8.78 Å². The first-order chi connectivity index (χ1) is 7.05. The topological polar surface area (TPSA) is 63.6 Å². The molecule has 0 bridgehead atoms. The molecule has 0 saturated carbocycles. The van der Waals surface area contributed by atoms with Gasteiger partial charge in [-0.15, -0.1) is 0 Å². The van der Waals surface area contributed by atoms with E-state index in [1.54, 1.807) is 20.8 Å². The molecule has 0 aromatic rings. The molecule has 0 heterocycles. The number of rotatable bonds is 5. The van der Waals surface area contributed by atoms with Crippen molar-refractivity contribution in [3.05, 3.63) is 0 Å². The summed E-state index contributed by atoms with van der Waals surface area (Å²) in [5.74, 6) is -7.20. The van der Waals surface area contributed by atoms with E-state index in [9.17, 15) is 18.4 Å². The van der Waals surface area contributed by atoms with Crippen LogP contribution in [0.3, 0.4) is 0 Å². The Morgan fingerprint density at radius 1 is 1.38 bits per heavy atom. The molecular weight excluding hydrogens is 222 g/mol. The summed E-state index contributed by atoms with van der Waals surface area (Å²) in [5.41, 5.74) is -0.900. The van der Waals surface area contributed by atoms with Gasteiger partial charge < -0.3 is 9.84 Å². The van der Waals surface area contributed by atoms with E-state index < -0.39 is 29.4 Å². The Morgan fingerprint density at radius 3 is 2.12 bits per heavy atom. The van der Waals surface area contributed by atoms with Gasteiger partial charge >= 0.3 is 17.9 Å². The maximum Gasteiger partial charge on any atom is 0.378 e. The Bertz CT molecular complexity index is 287. The summed E-state index contributed by atoms with van der Waals surface area (Å²) in [5, 5.41) is 8.24. The van der Waals surface area contributed by atoms with Crippen LogP contribution in [-0.4, -0.2) is 29.1 Å². The zero-order chi connectivity index (χ0) is 13.1. The number of ether oxygens (including phenoxy) is 1. The van der Waals surface area contributed by atoms with E-state index in [2.05, 4.69) is 4.74 Å². The van der Waals surface area contributed by atoms with Crippen LogP contribution in [0.1, 0.15) is 34.1 Å². The summed E-state index contributed by atoms with van der Waals surface area (Å²) in [6.07, 6.45) is -1.57. The molecule has 16 heavy (non-hydrogen) atoms. The molecule has 0 aliphatic rings. The number of carbonyl (C=O) groups is 2. The third-order valence-corrected chi connectivity index (χ3v) is 2.52. The first kappa shape index (κ1) is 14.8. The minimum Gasteiger partial charge on any atom is -0.477 e. The highest BCUT2D eigenvalue weighted by atomic mass is 19.3. The van der Waals surface area contributed by atoms with Gasteiger partial charge in [-0.1, -0.05) is 6.92 Å². The molecule has 4 nitrogen and oxygen atoms in total. The number of carbonyl (C=O) groups excluding carboxylic acids is 1. The van der Waals surface area contributed by atoms with Crippen LogP contribution in [0.15, 0.2) is 0 Å². The van der Waals surface area contributed by atoms with Crippen LogP contribution in [0.5, 0.6) is 0 Å². The van der Waals surface area contributed by atoms with Gasteiger partial charge in [0.15, 0.2) is 6.10 Å². The lowest BCUT2D eigenvalue weighted by atomic mass is 9.90. The van der Waals surface area contributed by atoms with Crippen molar-refractivity contribution < 1.29 is 28.2 Å². The van der Waals surface area contributed by atoms with Crippen molar-refractivity contribution in [1.82, 2.24) is 0 Å². The van der Waals surface area contributed by atoms with Gasteiger partial charge in [0.05, 0.1) is 5.41 Å². The largest absolute Gasteiger partial charge is 0.477 e. The first-order valence-electron chi connectivity index (χ1n) is 4.88. The molecule has 0 radical (unpaired) electrons. The van der Waals surface area contributed by atoms with Crippen molar-refractivity contribution in [1.29, 1.82) is 0 Å². The van der Waals surface area contributed by atoms with Gasteiger partial charge in [0.1, 0.15) is 0 Å². The Labute approximate surface area is 92.6 Å². The molecule has 0 aliphatic heterocycles. The van der Waals surface area contributed by atoms with Crippen molar-refractivity contribution in [2.75, 3.05) is 0 Å². The second kappa shape index (κ2) is 4.76. The number of hydrogen-bond acceptors (Lipinski definition) is 3. The number of halogens is 2. The quantitative estimate of drug-likeness (QED) is 0.745. The van der Waals surface area contributed by atoms with E-state index >= 15 is 0 Å². The van der Waals surface area contributed by atoms with E-state index in [0.29, 0.717) is 6.42 Å². The predicted octanol–water partition coefficient (Wildman–Crippen LogP) is 2.07. The van der Waals surface area contributed by atoms with Crippen molar-refractivity contribution >= 4 is 11.9 Å². The fourth-order valence-electron chi connectivity index (χ4n) is 0.712. The summed E-state index contributed by atoms with van der Waals surface area (Å²) < 4.78 is 30.3. The smallest absolute Gasteiger partial charge is 0.378 e. The lowest BCUT2D eigenvalue weighted by Crippen LogP contribution is -2.44. The molecule has 0 fully saturated rings. The molecular formula is C10H16F2O4. The second-order valence-electron chi connectivity index (χ2n) is 4.21. The fraction of sp³-hybridized carbons (Fsp3) is 0.800. The molecule has 6 heteroatoms. The molecule has 1 N–H and O–H groups in total. The van der Waals surface area contributed by atoms with Gasteiger partial charge in [-0.3, -0.25) is 4.79 Å². The number of aliphatic carboxylic acids is 1. The van der Waals surface area contributed by atoms with Gasteiger partial charge in [0.25, 0.3) is 0 Å². The monoisotopic (exact) mass is 238 g/mol. The summed E-state index contributed by atoms with van der Waals surface area (Å²) in [6.45, 7) is 5.65. The first-order valence-corrected chi connectivity index (χ1v) is 4.88. The number of carboxylic acid groups (broad SMARTS) is 1. The number of esters is 1. The fourth-order valence-corrected chi connectivity index (χ4v) is 0.712. The van der Waals surface area contributed by atoms with Crippen molar-refractivity contribution in [2.45, 2.75) is 46.1 Å². The number of carboxylic acids is 1. The molecule has 1 unspecified atom stereocenters. The van der Waals surface area contributed by atoms with Crippen LogP contribution in [0.2, 0.25) is 0 Å². The molecule has 0 amide bonds. The average Bonchev–Trinajstić information content (AvgIpc) is 2.17.